The summed E-state index contributed by atoms with van der Waals surface area (Å²) in [4.78, 5) is 15.2. The number of amides is 1. The number of nitrogens with one attached hydrogen (secondary N) is 1. The van der Waals surface area contributed by atoms with Gasteiger partial charge in [0.15, 0.2) is 0 Å². The highest BCUT2D eigenvalue weighted by molar-refractivity contribution is 5.90. The summed E-state index contributed by atoms with van der Waals surface area (Å²) >= 11 is 0. The lowest BCUT2D eigenvalue weighted by atomic mass is 10.2. The summed E-state index contributed by atoms with van der Waals surface area (Å²) in [5.41, 5.74) is 1.07. The van der Waals surface area contributed by atoms with Crippen LogP contribution in [0.5, 0.6) is 0 Å². The van der Waals surface area contributed by atoms with Gasteiger partial charge in [-0.05, 0) is 31.7 Å². The van der Waals surface area contributed by atoms with Crippen LogP contribution in [-0.2, 0) is 4.74 Å². The third-order valence-electron chi connectivity index (χ3n) is 3.52. The molecule has 116 valence electrons. The number of halogens is 1. The Kier molecular flexibility index (Phi) is 5.01. The Morgan fingerprint density at radius 2 is 2.29 bits per heavy atom. The van der Waals surface area contributed by atoms with Crippen LogP contribution < -0.4 is 15.1 Å². The molecule has 1 aliphatic rings. The van der Waals surface area contributed by atoms with Crippen LogP contribution in [0, 0.1) is 5.82 Å². The van der Waals surface area contributed by atoms with Crippen LogP contribution in [0.15, 0.2) is 18.2 Å². The Balaban J connectivity index is 2.15. The van der Waals surface area contributed by atoms with Crippen LogP contribution >= 0.6 is 0 Å². The van der Waals surface area contributed by atoms with E-state index >= 15 is 0 Å². The summed E-state index contributed by atoms with van der Waals surface area (Å²) < 4.78 is 19.4. The summed E-state index contributed by atoms with van der Waals surface area (Å²) in [5.74, 6) is -0.326. The minimum Gasteiger partial charge on any atom is -0.443 e. The van der Waals surface area contributed by atoms with Crippen LogP contribution in [0.3, 0.4) is 0 Å². The quantitative estimate of drug-likeness (QED) is 0.874. The summed E-state index contributed by atoms with van der Waals surface area (Å²) in [7, 11) is 3.66. The molecule has 1 fully saturated rings. The van der Waals surface area contributed by atoms with Crippen molar-refractivity contribution < 1.29 is 13.9 Å². The molecule has 0 unspecified atom stereocenters. The number of rotatable bonds is 6. The summed E-state index contributed by atoms with van der Waals surface area (Å²) in [6, 6.07) is 4.86. The van der Waals surface area contributed by atoms with E-state index in [4.69, 9.17) is 4.74 Å². The summed E-state index contributed by atoms with van der Waals surface area (Å²) in [6.07, 6.45) is 0.319. The Labute approximate surface area is 124 Å². The zero-order valence-electron chi connectivity index (χ0n) is 12.7. The third-order valence-corrected chi connectivity index (χ3v) is 3.52. The number of nitrogens with zero attached hydrogens (tertiary/aromatic N) is 2. The van der Waals surface area contributed by atoms with E-state index in [0.717, 1.165) is 13.0 Å². The van der Waals surface area contributed by atoms with Crippen molar-refractivity contribution in [1.82, 2.24) is 5.32 Å². The van der Waals surface area contributed by atoms with Gasteiger partial charge in [0.2, 0.25) is 0 Å². The van der Waals surface area contributed by atoms with E-state index in [1.807, 2.05) is 18.9 Å². The number of anilines is 2. The van der Waals surface area contributed by atoms with Crippen molar-refractivity contribution in [1.29, 1.82) is 0 Å². The Hall–Kier alpha value is -1.82. The number of ether oxygens (including phenoxy) is 1. The van der Waals surface area contributed by atoms with E-state index in [1.165, 1.54) is 11.0 Å². The molecular weight excluding hydrogens is 273 g/mol. The number of cyclic esters (lactones) is 1. The first-order valence-electron chi connectivity index (χ1n) is 7.20. The maximum absolute atomic E-state index is 14.2. The van der Waals surface area contributed by atoms with E-state index in [9.17, 15) is 9.18 Å². The van der Waals surface area contributed by atoms with Crippen molar-refractivity contribution in [3.05, 3.63) is 24.0 Å². The molecule has 0 saturated carbocycles. The first kappa shape index (κ1) is 15.6. The average molecular weight is 295 g/mol. The Morgan fingerprint density at radius 1 is 1.52 bits per heavy atom. The highest BCUT2D eigenvalue weighted by Gasteiger charge is 2.32. The Morgan fingerprint density at radius 3 is 2.90 bits per heavy atom. The van der Waals surface area contributed by atoms with Gasteiger partial charge >= 0.3 is 6.09 Å². The highest BCUT2D eigenvalue weighted by atomic mass is 19.1. The molecule has 0 bridgehead atoms. The number of carbonyl (C=O) groups is 1. The van der Waals surface area contributed by atoms with Gasteiger partial charge in [0.25, 0.3) is 0 Å². The average Bonchev–Trinajstić information content (AvgIpc) is 2.80. The first-order valence-corrected chi connectivity index (χ1v) is 7.20. The minimum absolute atomic E-state index is 0.201. The maximum Gasteiger partial charge on any atom is 0.414 e. The molecule has 0 aromatic heterocycles. The van der Waals surface area contributed by atoms with Crippen LogP contribution in [0.2, 0.25) is 0 Å². The molecule has 1 aliphatic heterocycles. The molecule has 21 heavy (non-hydrogen) atoms. The zero-order chi connectivity index (χ0) is 15.4. The monoisotopic (exact) mass is 295 g/mol. The molecule has 1 heterocycles. The van der Waals surface area contributed by atoms with Gasteiger partial charge in [0, 0.05) is 20.1 Å². The fraction of sp³-hybridized carbons (Fsp3) is 0.533. The SMILES string of the molecule is CCCN(C)c1ccc(N2C[C@H](CNC)OC2=O)cc1F. The summed E-state index contributed by atoms with van der Waals surface area (Å²) in [5, 5.41) is 2.97. The van der Waals surface area contributed by atoms with Crippen molar-refractivity contribution in [3.63, 3.8) is 0 Å². The topological polar surface area (TPSA) is 44.8 Å². The van der Waals surface area contributed by atoms with Gasteiger partial charge in [0.1, 0.15) is 11.9 Å². The van der Waals surface area contributed by atoms with E-state index in [-0.39, 0.29) is 11.9 Å². The molecule has 0 aliphatic carbocycles. The molecule has 1 saturated heterocycles. The predicted octanol–water partition coefficient (Wildman–Crippen LogP) is 2.22. The maximum atomic E-state index is 14.2. The second-order valence-corrected chi connectivity index (χ2v) is 5.23. The summed E-state index contributed by atoms with van der Waals surface area (Å²) in [6.45, 7) is 3.85. The van der Waals surface area contributed by atoms with Crippen molar-refractivity contribution in [2.45, 2.75) is 19.4 Å². The first-order chi connectivity index (χ1) is 10.1. The molecule has 5 nitrogen and oxygen atoms in total. The van der Waals surface area contributed by atoms with Crippen molar-refractivity contribution >= 4 is 17.5 Å². The lowest BCUT2D eigenvalue weighted by Crippen LogP contribution is -2.29. The normalized spacial score (nSPS) is 18.0. The largest absolute Gasteiger partial charge is 0.443 e. The minimum atomic E-state index is -0.427. The van der Waals surface area contributed by atoms with Gasteiger partial charge in [-0.2, -0.15) is 0 Å². The van der Waals surface area contributed by atoms with Gasteiger partial charge < -0.3 is 15.0 Å². The molecule has 1 atom stereocenters. The number of carbonyl (C=O) groups excluding carboxylic acids is 1. The number of hydrogen-bond acceptors (Lipinski definition) is 4. The standard InChI is InChI=1S/C15H22FN3O2/c1-4-7-18(3)14-6-5-11(8-13(14)16)19-10-12(9-17-2)21-15(19)20/h5-6,8,12,17H,4,7,9-10H2,1-3H3/t12-/m0/s1. The van der Waals surface area contributed by atoms with Gasteiger partial charge in [-0.15, -0.1) is 0 Å². The van der Waals surface area contributed by atoms with Gasteiger partial charge in [-0.1, -0.05) is 6.92 Å². The van der Waals surface area contributed by atoms with E-state index in [0.29, 0.717) is 24.5 Å². The van der Waals surface area contributed by atoms with Crippen LogP contribution in [0.25, 0.3) is 0 Å². The van der Waals surface area contributed by atoms with E-state index in [2.05, 4.69) is 5.32 Å². The van der Waals surface area contributed by atoms with E-state index < -0.39 is 6.09 Å². The van der Waals surface area contributed by atoms with Gasteiger partial charge in [-0.3, -0.25) is 4.90 Å². The molecule has 0 spiro atoms. The molecule has 1 aromatic rings. The van der Waals surface area contributed by atoms with Crippen LogP contribution in [0.1, 0.15) is 13.3 Å². The smallest absolute Gasteiger partial charge is 0.414 e. The predicted molar refractivity (Wildman–Crippen MR) is 81.5 cm³/mol. The lowest BCUT2D eigenvalue weighted by molar-refractivity contribution is 0.141. The fourth-order valence-corrected chi connectivity index (χ4v) is 2.50. The lowest BCUT2D eigenvalue weighted by Gasteiger charge is -2.21. The fourth-order valence-electron chi connectivity index (χ4n) is 2.50. The van der Waals surface area contributed by atoms with Crippen LogP contribution in [0.4, 0.5) is 20.6 Å². The molecule has 0 radical (unpaired) electrons. The second kappa shape index (κ2) is 6.76. The number of benzene rings is 1. The Bertz CT molecular complexity index is 510. The number of hydrogen-bond donors (Lipinski definition) is 1. The molecular formula is C15H22FN3O2. The van der Waals surface area contributed by atoms with Crippen molar-refractivity contribution in [2.75, 3.05) is 43.5 Å². The molecule has 2 rings (SSSR count). The second-order valence-electron chi connectivity index (χ2n) is 5.23. The number of likely N-dealkylation sites (N-methyl/N-ethyl adjacent to an activating group) is 1. The van der Waals surface area contributed by atoms with Gasteiger partial charge in [0.05, 0.1) is 17.9 Å². The third kappa shape index (κ3) is 3.44. The van der Waals surface area contributed by atoms with Gasteiger partial charge in [-0.25, -0.2) is 9.18 Å². The van der Waals surface area contributed by atoms with Crippen molar-refractivity contribution in [2.24, 2.45) is 0 Å². The molecule has 1 N–H and O–H groups in total. The molecule has 1 aromatic carbocycles. The molecule has 6 heteroatoms. The van der Waals surface area contributed by atoms with Crippen molar-refractivity contribution in [3.8, 4) is 0 Å². The molecule has 1 amide bonds. The highest BCUT2D eigenvalue weighted by Crippen LogP contribution is 2.27. The van der Waals surface area contributed by atoms with Crippen LogP contribution in [-0.4, -0.2) is 45.9 Å². The zero-order valence-corrected chi connectivity index (χ0v) is 12.7. The van der Waals surface area contributed by atoms with E-state index in [1.54, 1.807) is 19.2 Å².